The predicted octanol–water partition coefficient (Wildman–Crippen LogP) is 3.73. The zero-order valence-electron chi connectivity index (χ0n) is 13.1. The minimum atomic E-state index is 0.437. The zero-order valence-corrected chi connectivity index (χ0v) is 13.1. The maximum absolute atomic E-state index is 4.01. The normalized spacial score (nSPS) is 32.3. The lowest BCUT2D eigenvalue weighted by atomic mass is 9.76. The second-order valence-electron chi connectivity index (χ2n) is 7.41. The van der Waals surface area contributed by atoms with Crippen LogP contribution in [0, 0.1) is 5.92 Å². The number of nitrogens with zero attached hydrogens (tertiary/aromatic N) is 1. The monoisotopic (exact) mass is 276 g/mol. The van der Waals surface area contributed by atoms with Crippen molar-refractivity contribution in [2.24, 2.45) is 5.92 Å². The van der Waals surface area contributed by atoms with Crippen LogP contribution in [0.4, 0.5) is 0 Å². The maximum atomic E-state index is 4.01. The molecule has 1 saturated heterocycles. The molecule has 3 rings (SSSR count). The highest BCUT2D eigenvalue weighted by Crippen LogP contribution is 2.36. The van der Waals surface area contributed by atoms with Crippen molar-refractivity contribution in [2.75, 3.05) is 19.6 Å². The zero-order chi connectivity index (χ0) is 13.8. The molecule has 0 aromatic heterocycles. The summed E-state index contributed by atoms with van der Waals surface area (Å²) in [6.07, 6.45) is 16.4. The molecule has 2 heteroatoms. The second kappa shape index (κ2) is 6.62. The van der Waals surface area contributed by atoms with Crippen LogP contribution in [0.3, 0.4) is 0 Å². The van der Waals surface area contributed by atoms with Crippen LogP contribution in [0.15, 0.2) is 12.7 Å². The first-order valence-corrected chi connectivity index (χ1v) is 8.93. The Hall–Kier alpha value is -0.340. The van der Waals surface area contributed by atoms with Crippen molar-refractivity contribution in [1.29, 1.82) is 0 Å². The van der Waals surface area contributed by atoms with E-state index < -0.39 is 0 Å². The Labute approximate surface area is 125 Å². The van der Waals surface area contributed by atoms with Crippen molar-refractivity contribution < 1.29 is 0 Å². The van der Waals surface area contributed by atoms with Gasteiger partial charge in [-0.05, 0) is 31.6 Å². The third-order valence-electron chi connectivity index (χ3n) is 6.03. The van der Waals surface area contributed by atoms with Crippen molar-refractivity contribution in [3.05, 3.63) is 12.7 Å². The minimum Gasteiger partial charge on any atom is -0.308 e. The van der Waals surface area contributed by atoms with Gasteiger partial charge in [0.1, 0.15) is 0 Å². The van der Waals surface area contributed by atoms with Crippen LogP contribution < -0.4 is 5.32 Å². The molecule has 0 amide bonds. The standard InChI is InChI=1S/C18H32N2/c1-2-13-20-15-18(11-7-4-8-12-18)19-14-17(20)16-9-5-3-6-10-16/h2,16-17,19H,1,3-15H2. The largest absolute Gasteiger partial charge is 0.308 e. The summed E-state index contributed by atoms with van der Waals surface area (Å²) in [5.41, 5.74) is 0.437. The van der Waals surface area contributed by atoms with Gasteiger partial charge in [0.2, 0.25) is 0 Å². The fraction of sp³-hybridized carbons (Fsp3) is 0.889. The molecule has 1 N–H and O–H groups in total. The first-order chi connectivity index (χ1) is 9.83. The van der Waals surface area contributed by atoms with Gasteiger partial charge in [-0.15, -0.1) is 6.58 Å². The third kappa shape index (κ3) is 3.12. The molecule has 20 heavy (non-hydrogen) atoms. The molecule has 2 nitrogen and oxygen atoms in total. The summed E-state index contributed by atoms with van der Waals surface area (Å²) in [6.45, 7) is 7.58. The van der Waals surface area contributed by atoms with Crippen molar-refractivity contribution in [3.63, 3.8) is 0 Å². The van der Waals surface area contributed by atoms with Gasteiger partial charge in [-0.25, -0.2) is 0 Å². The van der Waals surface area contributed by atoms with E-state index in [4.69, 9.17) is 0 Å². The number of piperazine rings is 1. The SMILES string of the molecule is C=CCN1CC2(CCCCC2)NCC1C1CCCCC1. The summed E-state index contributed by atoms with van der Waals surface area (Å²) in [5.74, 6) is 0.928. The summed E-state index contributed by atoms with van der Waals surface area (Å²) >= 11 is 0. The molecule has 3 aliphatic rings. The molecular weight excluding hydrogens is 244 g/mol. The summed E-state index contributed by atoms with van der Waals surface area (Å²) in [4.78, 5) is 2.77. The van der Waals surface area contributed by atoms with Gasteiger partial charge in [-0.2, -0.15) is 0 Å². The van der Waals surface area contributed by atoms with Crippen molar-refractivity contribution in [3.8, 4) is 0 Å². The van der Waals surface area contributed by atoms with E-state index >= 15 is 0 Å². The number of rotatable bonds is 3. The number of hydrogen-bond donors (Lipinski definition) is 1. The number of nitrogens with one attached hydrogen (secondary N) is 1. The predicted molar refractivity (Wildman–Crippen MR) is 86.0 cm³/mol. The second-order valence-corrected chi connectivity index (χ2v) is 7.41. The third-order valence-corrected chi connectivity index (χ3v) is 6.03. The summed E-state index contributed by atoms with van der Waals surface area (Å²) in [6, 6.07) is 0.765. The molecule has 0 radical (unpaired) electrons. The highest BCUT2D eigenvalue weighted by Gasteiger charge is 2.41. The molecule has 114 valence electrons. The molecule has 1 spiro atoms. The van der Waals surface area contributed by atoms with E-state index in [1.54, 1.807) is 0 Å². The number of hydrogen-bond acceptors (Lipinski definition) is 2. The molecular formula is C18H32N2. The Balaban J connectivity index is 1.67. The van der Waals surface area contributed by atoms with E-state index in [0.29, 0.717) is 5.54 Å². The van der Waals surface area contributed by atoms with E-state index in [2.05, 4.69) is 22.9 Å². The molecule has 0 bridgehead atoms. The van der Waals surface area contributed by atoms with E-state index in [-0.39, 0.29) is 0 Å². The maximum Gasteiger partial charge on any atom is 0.0309 e. The Morgan fingerprint density at radius 2 is 1.75 bits per heavy atom. The fourth-order valence-corrected chi connectivity index (χ4v) is 4.93. The topological polar surface area (TPSA) is 15.3 Å². The quantitative estimate of drug-likeness (QED) is 0.790. The Bertz CT molecular complexity index is 313. The lowest BCUT2D eigenvalue weighted by Gasteiger charge is -2.52. The van der Waals surface area contributed by atoms with Crippen LogP contribution in [0.25, 0.3) is 0 Å². The average molecular weight is 276 g/mol. The van der Waals surface area contributed by atoms with Crippen LogP contribution in [0.2, 0.25) is 0 Å². The van der Waals surface area contributed by atoms with Crippen LogP contribution in [0.1, 0.15) is 64.2 Å². The summed E-state index contributed by atoms with van der Waals surface area (Å²) < 4.78 is 0. The van der Waals surface area contributed by atoms with Crippen LogP contribution in [-0.4, -0.2) is 36.1 Å². The highest BCUT2D eigenvalue weighted by molar-refractivity contribution is 5.02. The summed E-state index contributed by atoms with van der Waals surface area (Å²) in [7, 11) is 0. The Kier molecular flexibility index (Phi) is 4.83. The molecule has 1 atom stereocenters. The van der Waals surface area contributed by atoms with Gasteiger partial charge in [-0.1, -0.05) is 44.6 Å². The van der Waals surface area contributed by atoms with E-state index in [0.717, 1.165) is 18.5 Å². The van der Waals surface area contributed by atoms with Gasteiger partial charge >= 0.3 is 0 Å². The highest BCUT2D eigenvalue weighted by atomic mass is 15.3. The first-order valence-electron chi connectivity index (χ1n) is 8.93. The van der Waals surface area contributed by atoms with Crippen molar-refractivity contribution >= 4 is 0 Å². The Morgan fingerprint density at radius 1 is 1.05 bits per heavy atom. The molecule has 0 aromatic rings. The smallest absolute Gasteiger partial charge is 0.0309 e. The van der Waals surface area contributed by atoms with E-state index in [1.807, 2.05) is 0 Å². The molecule has 0 aromatic carbocycles. The van der Waals surface area contributed by atoms with E-state index in [9.17, 15) is 0 Å². The van der Waals surface area contributed by atoms with Gasteiger partial charge in [0.15, 0.2) is 0 Å². The lowest BCUT2D eigenvalue weighted by Crippen LogP contribution is -2.66. The molecule has 1 aliphatic heterocycles. The van der Waals surface area contributed by atoms with Gasteiger partial charge in [0.25, 0.3) is 0 Å². The molecule has 2 saturated carbocycles. The van der Waals surface area contributed by atoms with Gasteiger partial charge < -0.3 is 5.32 Å². The van der Waals surface area contributed by atoms with Gasteiger partial charge in [0.05, 0.1) is 0 Å². The van der Waals surface area contributed by atoms with Crippen LogP contribution in [-0.2, 0) is 0 Å². The summed E-state index contributed by atoms with van der Waals surface area (Å²) in [5, 5.41) is 3.99. The van der Waals surface area contributed by atoms with Crippen LogP contribution in [0.5, 0.6) is 0 Å². The first kappa shape index (κ1) is 14.6. The van der Waals surface area contributed by atoms with E-state index in [1.165, 1.54) is 77.3 Å². The molecule has 2 aliphatic carbocycles. The van der Waals surface area contributed by atoms with Gasteiger partial charge in [-0.3, -0.25) is 4.90 Å². The van der Waals surface area contributed by atoms with Crippen molar-refractivity contribution in [2.45, 2.75) is 75.8 Å². The van der Waals surface area contributed by atoms with Crippen LogP contribution >= 0.6 is 0 Å². The molecule has 1 heterocycles. The lowest BCUT2D eigenvalue weighted by molar-refractivity contribution is 0.0289. The Morgan fingerprint density at radius 3 is 2.45 bits per heavy atom. The van der Waals surface area contributed by atoms with Crippen molar-refractivity contribution in [1.82, 2.24) is 10.2 Å². The van der Waals surface area contributed by atoms with Gasteiger partial charge in [0, 0.05) is 31.2 Å². The minimum absolute atomic E-state index is 0.437. The molecule has 1 unspecified atom stereocenters. The fourth-order valence-electron chi connectivity index (χ4n) is 4.93. The average Bonchev–Trinajstić information content (AvgIpc) is 2.50. The molecule has 3 fully saturated rings.